The van der Waals surface area contributed by atoms with Crippen molar-refractivity contribution >= 4 is 22.1 Å². The summed E-state index contributed by atoms with van der Waals surface area (Å²) in [5, 5.41) is 2.03. The summed E-state index contributed by atoms with van der Waals surface area (Å²) in [6.07, 6.45) is 4.57. The molecule has 0 aliphatic carbocycles. The van der Waals surface area contributed by atoms with Crippen LogP contribution in [-0.2, 0) is 11.3 Å². The van der Waals surface area contributed by atoms with Crippen LogP contribution in [0.1, 0.15) is 22.5 Å². The maximum absolute atomic E-state index is 12.5. The fourth-order valence-electron chi connectivity index (χ4n) is 3.10. The number of Topliss-reactive ketones (excluding diaryl/α,β-unsaturated/α-hetero) is 1. The van der Waals surface area contributed by atoms with Crippen LogP contribution in [0.4, 0.5) is 0 Å². The minimum atomic E-state index is 0.103. The molecule has 124 valence electrons. The molecule has 1 aromatic carbocycles. The van der Waals surface area contributed by atoms with E-state index in [4.69, 9.17) is 4.74 Å². The fraction of sp³-hybridized carbons (Fsp3) is 0.333. The van der Waals surface area contributed by atoms with Crippen LogP contribution in [0.2, 0.25) is 0 Å². The van der Waals surface area contributed by atoms with Crippen molar-refractivity contribution in [2.75, 3.05) is 19.8 Å². The topological polar surface area (TPSA) is 46.8 Å². The van der Waals surface area contributed by atoms with E-state index in [1.807, 2.05) is 46.3 Å². The molecule has 1 aliphatic heterocycles. The number of carbonyl (C=O) groups excluding carboxylic acids is 1. The van der Waals surface area contributed by atoms with Crippen LogP contribution in [0.5, 0.6) is 0 Å². The van der Waals surface area contributed by atoms with Crippen molar-refractivity contribution in [3.63, 3.8) is 0 Å². The molecule has 0 radical (unpaired) electrons. The lowest BCUT2D eigenvalue weighted by atomic mass is 10.0. The lowest BCUT2D eigenvalue weighted by Crippen LogP contribution is -2.45. The Labute approximate surface area is 144 Å². The van der Waals surface area contributed by atoms with E-state index in [-0.39, 0.29) is 11.8 Å². The second kappa shape index (κ2) is 6.84. The first kappa shape index (κ1) is 15.5. The Morgan fingerprint density at radius 1 is 1.33 bits per heavy atom. The van der Waals surface area contributed by atoms with Crippen molar-refractivity contribution in [1.29, 1.82) is 0 Å². The molecule has 0 spiro atoms. The van der Waals surface area contributed by atoms with E-state index in [9.17, 15) is 4.79 Å². The number of nitrogens with zero attached hydrogens (tertiary/aromatic N) is 3. The second-order valence-corrected chi connectivity index (χ2v) is 6.89. The van der Waals surface area contributed by atoms with Crippen LogP contribution in [-0.4, -0.2) is 45.9 Å². The van der Waals surface area contributed by atoms with Crippen molar-refractivity contribution in [2.24, 2.45) is 0 Å². The molecule has 1 saturated heterocycles. The van der Waals surface area contributed by atoms with Gasteiger partial charge in [-0.25, -0.2) is 4.98 Å². The summed E-state index contributed by atoms with van der Waals surface area (Å²) < 4.78 is 7.66. The van der Waals surface area contributed by atoms with E-state index in [0.717, 1.165) is 29.3 Å². The number of morpholine rings is 1. The number of rotatable bonds is 5. The standard InChI is InChI=1S/C18H19N3O2S/c22-17(14-4-2-1-3-5-14)10-16-13-23-8-6-20(16)11-15-12-21-7-9-24-18(21)19-15/h1-5,7,9,12,16H,6,8,10-11,13H2/t16-/m1/s1. The highest BCUT2D eigenvalue weighted by Gasteiger charge is 2.26. The van der Waals surface area contributed by atoms with Gasteiger partial charge in [-0.2, -0.15) is 0 Å². The van der Waals surface area contributed by atoms with Crippen LogP contribution in [0, 0.1) is 0 Å². The maximum atomic E-state index is 12.5. The van der Waals surface area contributed by atoms with Crippen molar-refractivity contribution in [3.8, 4) is 0 Å². The van der Waals surface area contributed by atoms with Crippen molar-refractivity contribution in [3.05, 3.63) is 59.4 Å². The molecule has 1 fully saturated rings. The SMILES string of the molecule is O=C(C[C@@H]1COCCN1Cc1cn2ccsc2n1)c1ccccc1. The van der Waals surface area contributed by atoms with Gasteiger partial charge in [-0.15, -0.1) is 11.3 Å². The zero-order valence-corrected chi connectivity index (χ0v) is 14.1. The zero-order valence-electron chi connectivity index (χ0n) is 13.3. The monoisotopic (exact) mass is 341 g/mol. The highest BCUT2D eigenvalue weighted by molar-refractivity contribution is 7.15. The summed E-state index contributed by atoms with van der Waals surface area (Å²) in [6, 6.07) is 9.59. The molecule has 5 nitrogen and oxygen atoms in total. The van der Waals surface area contributed by atoms with Gasteiger partial charge in [0.25, 0.3) is 0 Å². The van der Waals surface area contributed by atoms with Gasteiger partial charge >= 0.3 is 0 Å². The summed E-state index contributed by atoms with van der Waals surface area (Å²) in [4.78, 5) is 20.5. The van der Waals surface area contributed by atoms with Gasteiger partial charge in [0.05, 0.1) is 18.9 Å². The molecular formula is C18H19N3O2S. The van der Waals surface area contributed by atoms with E-state index >= 15 is 0 Å². The highest BCUT2D eigenvalue weighted by atomic mass is 32.1. The lowest BCUT2D eigenvalue weighted by Gasteiger charge is -2.34. The number of imidazole rings is 1. The van der Waals surface area contributed by atoms with E-state index < -0.39 is 0 Å². The van der Waals surface area contributed by atoms with Gasteiger partial charge in [0.1, 0.15) is 0 Å². The minimum absolute atomic E-state index is 0.103. The van der Waals surface area contributed by atoms with Gasteiger partial charge in [-0.1, -0.05) is 30.3 Å². The quantitative estimate of drug-likeness (QED) is 0.670. The van der Waals surface area contributed by atoms with Gasteiger partial charge in [0.15, 0.2) is 10.7 Å². The molecule has 2 aromatic heterocycles. The predicted octanol–water partition coefficient (Wildman–Crippen LogP) is 2.87. The number of carbonyl (C=O) groups is 1. The normalized spacial score (nSPS) is 18.9. The molecule has 1 aliphatic rings. The molecule has 3 heterocycles. The largest absolute Gasteiger partial charge is 0.378 e. The number of aromatic nitrogens is 2. The molecule has 3 aromatic rings. The van der Waals surface area contributed by atoms with E-state index in [0.29, 0.717) is 19.6 Å². The number of hydrogen-bond donors (Lipinski definition) is 0. The average molecular weight is 341 g/mol. The molecule has 0 bridgehead atoms. The first-order chi connectivity index (χ1) is 11.8. The van der Waals surface area contributed by atoms with E-state index in [2.05, 4.69) is 16.1 Å². The predicted molar refractivity (Wildman–Crippen MR) is 93.5 cm³/mol. The second-order valence-electron chi connectivity index (χ2n) is 6.02. The Morgan fingerprint density at radius 3 is 3.04 bits per heavy atom. The van der Waals surface area contributed by atoms with Crippen LogP contribution in [0.25, 0.3) is 4.96 Å². The van der Waals surface area contributed by atoms with E-state index in [1.165, 1.54) is 0 Å². The Hall–Kier alpha value is -2.02. The smallest absolute Gasteiger partial charge is 0.193 e. The maximum Gasteiger partial charge on any atom is 0.193 e. The number of fused-ring (bicyclic) bond motifs is 1. The summed E-state index contributed by atoms with van der Waals surface area (Å²) in [5.41, 5.74) is 1.81. The summed E-state index contributed by atoms with van der Waals surface area (Å²) >= 11 is 1.63. The summed E-state index contributed by atoms with van der Waals surface area (Å²) in [7, 11) is 0. The molecule has 0 amide bonds. The van der Waals surface area contributed by atoms with Gasteiger partial charge in [-0.3, -0.25) is 14.1 Å². The first-order valence-corrected chi connectivity index (χ1v) is 8.99. The molecule has 6 heteroatoms. The number of benzene rings is 1. The number of ketones is 1. The van der Waals surface area contributed by atoms with Gasteiger partial charge < -0.3 is 4.74 Å². The number of hydrogen-bond acceptors (Lipinski definition) is 5. The third-order valence-corrected chi connectivity index (χ3v) is 5.15. The Kier molecular flexibility index (Phi) is 4.42. The molecular weight excluding hydrogens is 322 g/mol. The van der Waals surface area contributed by atoms with Crippen LogP contribution < -0.4 is 0 Å². The lowest BCUT2D eigenvalue weighted by molar-refractivity contribution is -0.0130. The van der Waals surface area contributed by atoms with Gasteiger partial charge in [0.2, 0.25) is 0 Å². The van der Waals surface area contributed by atoms with Crippen LogP contribution in [0.15, 0.2) is 48.1 Å². The van der Waals surface area contributed by atoms with Crippen LogP contribution in [0.3, 0.4) is 0 Å². The van der Waals surface area contributed by atoms with E-state index in [1.54, 1.807) is 11.3 Å². The Balaban J connectivity index is 1.46. The third-order valence-electron chi connectivity index (χ3n) is 4.37. The fourth-order valence-corrected chi connectivity index (χ4v) is 3.82. The van der Waals surface area contributed by atoms with Gasteiger partial charge in [-0.05, 0) is 0 Å². The molecule has 24 heavy (non-hydrogen) atoms. The average Bonchev–Trinajstić information content (AvgIpc) is 3.19. The van der Waals surface area contributed by atoms with Crippen molar-refractivity contribution in [1.82, 2.24) is 14.3 Å². The summed E-state index contributed by atoms with van der Waals surface area (Å²) in [6.45, 7) is 2.89. The Bertz CT molecular complexity index is 799. The molecule has 4 rings (SSSR count). The van der Waals surface area contributed by atoms with Gasteiger partial charge in [0, 0.05) is 48.9 Å². The highest BCUT2D eigenvalue weighted by Crippen LogP contribution is 2.18. The molecule has 1 atom stereocenters. The van der Waals surface area contributed by atoms with Crippen LogP contribution >= 0.6 is 11.3 Å². The summed E-state index contributed by atoms with van der Waals surface area (Å²) in [5.74, 6) is 0.168. The Morgan fingerprint density at radius 2 is 2.21 bits per heavy atom. The van der Waals surface area contributed by atoms with Crippen molar-refractivity contribution in [2.45, 2.75) is 19.0 Å². The minimum Gasteiger partial charge on any atom is -0.378 e. The number of thiazole rings is 1. The molecule has 0 N–H and O–H groups in total. The number of ether oxygens (including phenoxy) is 1. The molecule has 0 unspecified atom stereocenters. The van der Waals surface area contributed by atoms with Crippen molar-refractivity contribution < 1.29 is 9.53 Å². The third kappa shape index (κ3) is 3.26. The molecule has 0 saturated carbocycles. The first-order valence-electron chi connectivity index (χ1n) is 8.11. The zero-order chi connectivity index (χ0) is 16.4.